The molecule has 7 nitrogen and oxygen atoms in total. The molecule has 5 fully saturated rings. The van der Waals surface area contributed by atoms with Crippen molar-refractivity contribution in [2.45, 2.75) is 204 Å². The fraction of sp³-hybridized carbons (Fsp3) is 0.389. The topological polar surface area (TPSA) is 51.6 Å². The summed E-state index contributed by atoms with van der Waals surface area (Å²) in [6, 6.07) is 49.5. The Morgan fingerprint density at radius 2 is 0.570 bits per heavy atom. The zero-order chi connectivity index (χ0) is 76.5. The van der Waals surface area contributed by atoms with Crippen LogP contribution in [0.4, 0.5) is 22.7 Å². The molecule has 0 N–H and O–H groups in total. The van der Waals surface area contributed by atoms with Crippen molar-refractivity contribution in [3.63, 3.8) is 0 Å². The molecule has 107 heavy (non-hydrogen) atoms. The van der Waals surface area contributed by atoms with Crippen LogP contribution in [0.3, 0.4) is 0 Å². The van der Waals surface area contributed by atoms with Crippen LogP contribution in [-0.4, -0.2) is 67.3 Å². The normalized spacial score (nSPS) is 15.2. The van der Waals surface area contributed by atoms with Crippen molar-refractivity contribution in [3.8, 4) is 0 Å². The van der Waals surface area contributed by atoms with Gasteiger partial charge in [0.2, 0.25) is 0 Å². The molecule has 17 heteroatoms. The second-order valence-corrected chi connectivity index (χ2v) is 46.1. The third-order valence-electron chi connectivity index (χ3n) is 19.5. The minimum absolute atomic E-state index is 0. The van der Waals surface area contributed by atoms with E-state index in [2.05, 4.69) is 227 Å². The molecule has 9 aromatic rings. The van der Waals surface area contributed by atoms with E-state index in [1.54, 1.807) is 133 Å². The minimum atomic E-state index is -1.61. The Bertz CT molecular complexity index is 3590. The average molecular weight is 1910 g/mol. The third kappa shape index (κ3) is 32.2. The second-order valence-electron chi connectivity index (χ2n) is 28.4. The SMILES string of the molecule is Brc1cccnc1.Brc1cccnc1.Brc1cccnc1.C.C1CCC([PH+](C2CCCCC2)C2CCCCC2)CC1.Cc1cc(C)c(N2[CH-]N(c3c(C)cc(C)cc3C)CC2)c(C)c1.Cc1cc(C)c(N2[CH-]N(c3c(C)cc(C)cc3C)CC2)c(C)c1.[Cl][Ru]([Cl])=[CH]c1ccccc1.[Cl][Ru]([Cl])=[CH]c1ccccc1. The van der Waals surface area contributed by atoms with Gasteiger partial charge in [0.15, 0.2) is 0 Å². The van der Waals surface area contributed by atoms with Crippen LogP contribution in [0, 0.1) is 96.4 Å². The maximum absolute atomic E-state index is 5.67. The molecule has 5 heterocycles. The summed E-state index contributed by atoms with van der Waals surface area (Å²) < 4.78 is 6.92. The van der Waals surface area contributed by atoms with Crippen LogP contribution >= 0.6 is 94.5 Å². The molecule has 0 spiro atoms. The van der Waals surface area contributed by atoms with E-state index in [0.29, 0.717) is 0 Å². The monoisotopic (exact) mass is 1910 g/mol. The van der Waals surface area contributed by atoms with Gasteiger partial charge in [-0.2, -0.15) is 13.3 Å². The Hall–Kier alpha value is -4.01. The molecule has 5 aliphatic rings. The van der Waals surface area contributed by atoms with E-state index in [1.807, 2.05) is 106 Å². The molecule has 582 valence electrons. The van der Waals surface area contributed by atoms with E-state index in [4.69, 9.17) is 38.8 Å². The maximum atomic E-state index is 5.67. The molecule has 14 rings (SSSR count). The summed E-state index contributed by atoms with van der Waals surface area (Å²) >= 11 is 6.52. The summed E-state index contributed by atoms with van der Waals surface area (Å²) in [6.07, 6.45) is 34.3. The molecule has 0 unspecified atom stereocenters. The molecule has 3 aliphatic carbocycles. The van der Waals surface area contributed by atoms with Crippen molar-refractivity contribution in [1.82, 2.24) is 15.0 Å². The van der Waals surface area contributed by atoms with Crippen molar-refractivity contribution in [3.05, 3.63) is 287 Å². The van der Waals surface area contributed by atoms with Gasteiger partial charge in [-0.15, -0.1) is 0 Å². The Morgan fingerprint density at radius 1 is 0.346 bits per heavy atom. The quantitative estimate of drug-likeness (QED) is 0.0811. The van der Waals surface area contributed by atoms with Gasteiger partial charge in [-0.25, -0.2) is 0 Å². The Labute approximate surface area is 698 Å². The van der Waals surface area contributed by atoms with E-state index < -0.39 is 27.0 Å². The molecule has 0 bridgehead atoms. The van der Waals surface area contributed by atoms with Crippen LogP contribution in [0.5, 0.6) is 0 Å². The van der Waals surface area contributed by atoms with Gasteiger partial charge in [0.05, 0.1) is 17.0 Å². The van der Waals surface area contributed by atoms with Gasteiger partial charge in [-0.05, 0) is 289 Å². The van der Waals surface area contributed by atoms with Crippen molar-refractivity contribution >= 4 is 126 Å². The first-order valence-electron chi connectivity index (χ1n) is 37.3. The van der Waals surface area contributed by atoms with E-state index in [0.717, 1.165) is 50.7 Å². The second kappa shape index (κ2) is 49.5. The van der Waals surface area contributed by atoms with Crippen LogP contribution < -0.4 is 19.6 Å². The van der Waals surface area contributed by atoms with Crippen LogP contribution in [-0.2, 0) is 27.0 Å². The summed E-state index contributed by atoms with van der Waals surface area (Å²) in [5, 5.41) is 0. The van der Waals surface area contributed by atoms with Gasteiger partial charge in [-0.1, -0.05) is 97.5 Å². The number of benzene rings is 6. The Morgan fingerprint density at radius 3 is 0.748 bits per heavy atom. The van der Waals surface area contributed by atoms with Gasteiger partial charge < -0.3 is 19.6 Å². The molecule has 0 radical (unpaired) electrons. The molecule has 2 saturated heterocycles. The summed E-state index contributed by atoms with van der Waals surface area (Å²) in [4.78, 5) is 21.1. The fourth-order valence-corrected chi connectivity index (χ4v) is 25.4. The predicted molar refractivity (Wildman–Crippen MR) is 479 cm³/mol. The first-order chi connectivity index (χ1) is 50.9. The van der Waals surface area contributed by atoms with Gasteiger partial charge in [-0.3, -0.25) is 15.0 Å². The zero-order valence-electron chi connectivity index (χ0n) is 64.3. The standard InChI is InChI=1S/2C21H27N2.C18H33P.2C7H6.3C5H4BrN.CH4.4ClH.2Ru/c2*1-14-9-16(3)20(17(4)10-14)22-7-8-23(13-22)21-18(5)11-15(2)12-19(21)6;1-4-10-16(11-5-1)19(17-12-6-2-7-13-17)18-14-8-3-9-15-18;2*1-7-5-3-2-4-6-7;3*6-5-2-1-3-7-4-5;;;;;;;/h2*9-13H,7-8H2,1-6H3;16-18H,1-15H2;2*1-6H;3*1-4H;1H4;4*1H;;/q2*-1;;;;;;;;;;;;2*+2/p-3. The average Bonchev–Trinajstić information content (AvgIpc) is 1.69. The number of aryl methyl sites for hydroxylation is 12. The van der Waals surface area contributed by atoms with Crippen LogP contribution in [0.1, 0.15) is 182 Å². The van der Waals surface area contributed by atoms with Crippen LogP contribution in [0.15, 0.2) is 196 Å². The van der Waals surface area contributed by atoms with Crippen LogP contribution in [0.2, 0.25) is 0 Å². The first kappa shape index (κ1) is 91.9. The number of hydrogen-bond acceptors (Lipinski definition) is 7. The van der Waals surface area contributed by atoms with Gasteiger partial charge in [0.1, 0.15) is 0 Å². The molecule has 3 saturated carbocycles. The molecular formula is C90H116Br3Cl4N7PRu2-. The number of nitrogens with zero attached hydrogens (tertiary/aromatic N) is 7. The number of anilines is 4. The molecule has 6 aromatic carbocycles. The van der Waals surface area contributed by atoms with Crippen LogP contribution in [0.25, 0.3) is 0 Å². The number of aromatic nitrogens is 3. The summed E-state index contributed by atoms with van der Waals surface area (Å²) in [5.74, 6) is 0. The van der Waals surface area contributed by atoms with E-state index in [1.165, 1.54) is 106 Å². The molecule has 3 aromatic heterocycles. The Balaban J connectivity index is 0.000000200. The van der Waals surface area contributed by atoms with E-state index in [-0.39, 0.29) is 15.3 Å². The molecule has 0 atom stereocenters. The van der Waals surface area contributed by atoms with E-state index >= 15 is 0 Å². The number of rotatable bonds is 9. The molecular weight excluding hydrogens is 1790 g/mol. The van der Waals surface area contributed by atoms with Gasteiger partial charge >= 0.3 is 147 Å². The third-order valence-corrected chi connectivity index (χ3v) is 29.2. The summed E-state index contributed by atoms with van der Waals surface area (Å²) in [7, 11) is 22.6. The summed E-state index contributed by atoms with van der Waals surface area (Å²) in [5.41, 5.74) is 27.6. The first-order valence-corrected chi connectivity index (χ1v) is 52.4. The fourth-order valence-electron chi connectivity index (χ4n) is 15.7. The number of halogens is 7. The predicted octanol–water partition coefficient (Wildman–Crippen LogP) is 27.9. The zero-order valence-corrected chi connectivity index (χ0v) is 76.5. The van der Waals surface area contributed by atoms with Crippen molar-refractivity contribution in [1.29, 1.82) is 0 Å². The van der Waals surface area contributed by atoms with Crippen molar-refractivity contribution in [2.24, 2.45) is 0 Å². The van der Waals surface area contributed by atoms with Gasteiger partial charge in [0.25, 0.3) is 0 Å². The summed E-state index contributed by atoms with van der Waals surface area (Å²) in [6.45, 7) is 35.1. The number of pyridine rings is 3. The molecule has 2 aliphatic heterocycles. The van der Waals surface area contributed by atoms with Crippen molar-refractivity contribution < 1.29 is 27.0 Å². The molecule has 0 amide bonds. The number of hydrogen-bond donors (Lipinski definition) is 0. The Kier molecular flexibility index (Phi) is 42.5. The van der Waals surface area contributed by atoms with Gasteiger partial charge in [0, 0.05) is 107 Å². The van der Waals surface area contributed by atoms with E-state index in [9.17, 15) is 0 Å². The van der Waals surface area contributed by atoms with Crippen molar-refractivity contribution in [2.75, 3.05) is 45.8 Å².